The van der Waals surface area contributed by atoms with Crippen LogP contribution in [0.4, 0.5) is 5.82 Å². The molecular formula is C16H23N7O5. The Balaban J connectivity index is 1.50. The lowest BCUT2D eigenvalue weighted by Crippen LogP contribution is -2.53. The second-order valence-electron chi connectivity index (χ2n) is 7.02. The zero-order valence-corrected chi connectivity index (χ0v) is 15.0. The number of nitrogen functional groups attached to an aromatic ring is 1. The van der Waals surface area contributed by atoms with Gasteiger partial charge in [-0.1, -0.05) is 6.42 Å². The summed E-state index contributed by atoms with van der Waals surface area (Å²) in [6.45, 7) is 1.39. The summed E-state index contributed by atoms with van der Waals surface area (Å²) >= 11 is 0. The number of aliphatic hydroxyl groups is 3. The van der Waals surface area contributed by atoms with Gasteiger partial charge in [-0.3, -0.25) is 14.8 Å². The third-order valence-electron chi connectivity index (χ3n) is 5.14. The number of nitrogens with zero attached hydrogens (tertiary/aromatic N) is 5. The number of aromatic nitrogens is 4. The van der Waals surface area contributed by atoms with E-state index in [1.54, 1.807) is 5.01 Å². The number of hydrazine groups is 1. The second kappa shape index (κ2) is 7.56. The van der Waals surface area contributed by atoms with E-state index in [2.05, 4.69) is 20.4 Å². The molecule has 2 aromatic rings. The molecule has 2 fully saturated rings. The molecule has 0 radical (unpaired) electrons. The Labute approximate surface area is 159 Å². The second-order valence-corrected chi connectivity index (χ2v) is 7.02. The topological polar surface area (TPSA) is 172 Å². The molecule has 3 unspecified atom stereocenters. The molecule has 0 spiro atoms. The number of rotatable bonds is 4. The molecule has 28 heavy (non-hydrogen) atoms. The number of anilines is 1. The van der Waals surface area contributed by atoms with Gasteiger partial charge >= 0.3 is 0 Å². The summed E-state index contributed by atoms with van der Waals surface area (Å²) in [5.74, 6) is -0.532. The molecule has 5 atom stereocenters. The number of hydrogen-bond acceptors (Lipinski definition) is 10. The van der Waals surface area contributed by atoms with Crippen LogP contribution >= 0.6 is 0 Å². The third-order valence-corrected chi connectivity index (χ3v) is 5.14. The van der Waals surface area contributed by atoms with Gasteiger partial charge in [0.15, 0.2) is 23.8 Å². The Bertz CT molecular complexity index is 855. The van der Waals surface area contributed by atoms with Gasteiger partial charge in [0.05, 0.1) is 6.33 Å². The van der Waals surface area contributed by atoms with Crippen LogP contribution in [0.3, 0.4) is 0 Å². The van der Waals surface area contributed by atoms with Crippen LogP contribution in [0.15, 0.2) is 12.7 Å². The van der Waals surface area contributed by atoms with Crippen molar-refractivity contribution in [3.63, 3.8) is 0 Å². The van der Waals surface area contributed by atoms with Gasteiger partial charge in [0.1, 0.15) is 30.2 Å². The lowest BCUT2D eigenvalue weighted by molar-refractivity contribution is -0.148. The van der Waals surface area contributed by atoms with Crippen molar-refractivity contribution in [3.8, 4) is 0 Å². The maximum absolute atomic E-state index is 12.4. The molecule has 12 heteroatoms. The zero-order chi connectivity index (χ0) is 19.8. The van der Waals surface area contributed by atoms with E-state index in [0.29, 0.717) is 24.3 Å². The first kappa shape index (κ1) is 19.0. The van der Waals surface area contributed by atoms with Crippen molar-refractivity contribution in [1.82, 2.24) is 30.0 Å². The molecule has 12 nitrogen and oxygen atoms in total. The van der Waals surface area contributed by atoms with Crippen molar-refractivity contribution in [3.05, 3.63) is 12.7 Å². The number of nitrogens with two attached hydrogens (primary N) is 1. The fraction of sp³-hybridized carbons (Fsp3) is 0.625. The number of imidazole rings is 1. The molecule has 0 aliphatic carbocycles. The molecule has 2 saturated heterocycles. The molecule has 0 saturated carbocycles. The molecule has 152 valence electrons. The highest BCUT2D eigenvalue weighted by atomic mass is 16.6. The minimum absolute atomic E-state index is 0.161. The predicted octanol–water partition coefficient (Wildman–Crippen LogP) is -2.09. The van der Waals surface area contributed by atoms with Crippen molar-refractivity contribution in [1.29, 1.82) is 0 Å². The number of aliphatic hydroxyl groups excluding tert-OH is 3. The van der Waals surface area contributed by atoms with Crippen molar-refractivity contribution in [2.45, 2.75) is 49.9 Å². The number of amides is 1. The Morgan fingerprint density at radius 3 is 2.71 bits per heavy atom. The van der Waals surface area contributed by atoms with E-state index in [9.17, 15) is 20.1 Å². The largest absolute Gasteiger partial charge is 0.387 e. The van der Waals surface area contributed by atoms with Crippen LogP contribution in [0.1, 0.15) is 25.5 Å². The van der Waals surface area contributed by atoms with Crippen molar-refractivity contribution < 1.29 is 24.9 Å². The molecule has 4 heterocycles. The van der Waals surface area contributed by atoms with Gasteiger partial charge < -0.3 is 25.8 Å². The first-order valence-corrected chi connectivity index (χ1v) is 9.15. The van der Waals surface area contributed by atoms with E-state index in [0.717, 1.165) is 19.3 Å². The fourth-order valence-electron chi connectivity index (χ4n) is 3.61. The average Bonchev–Trinajstić information content (AvgIpc) is 3.25. The van der Waals surface area contributed by atoms with Crippen LogP contribution in [0, 0.1) is 0 Å². The van der Waals surface area contributed by atoms with Crippen molar-refractivity contribution in [2.75, 3.05) is 18.8 Å². The van der Waals surface area contributed by atoms with Crippen LogP contribution in [0.25, 0.3) is 11.2 Å². The highest BCUT2D eigenvalue weighted by Gasteiger charge is 2.49. The zero-order valence-electron chi connectivity index (χ0n) is 15.0. The molecule has 2 aliphatic rings. The van der Waals surface area contributed by atoms with Crippen molar-refractivity contribution in [2.24, 2.45) is 0 Å². The SMILES string of the molecule is Nc1ncnc2c1ncn2[C@@H]1O[C@H](C(O)C(=O)NN2CCCCC2)C(O)C1O. The number of piperidine rings is 1. The summed E-state index contributed by atoms with van der Waals surface area (Å²) in [6.07, 6.45) is -1.37. The molecule has 2 aromatic heterocycles. The number of carbonyl (C=O) groups excluding carboxylic acids is 1. The lowest BCUT2D eigenvalue weighted by atomic mass is 10.1. The quantitative estimate of drug-likeness (QED) is 0.387. The van der Waals surface area contributed by atoms with Crippen LogP contribution in [0.2, 0.25) is 0 Å². The van der Waals surface area contributed by atoms with Gasteiger partial charge in [0.2, 0.25) is 0 Å². The average molecular weight is 393 g/mol. The molecule has 0 bridgehead atoms. The highest BCUT2D eigenvalue weighted by molar-refractivity contribution is 5.81. The number of hydrogen-bond donors (Lipinski definition) is 5. The number of fused-ring (bicyclic) bond motifs is 1. The van der Waals surface area contributed by atoms with Gasteiger partial charge in [-0.15, -0.1) is 0 Å². The maximum Gasteiger partial charge on any atom is 0.265 e. The van der Waals surface area contributed by atoms with E-state index in [4.69, 9.17) is 10.5 Å². The highest BCUT2D eigenvalue weighted by Crippen LogP contribution is 2.33. The monoisotopic (exact) mass is 393 g/mol. The van der Waals surface area contributed by atoms with Crippen molar-refractivity contribution >= 4 is 22.9 Å². The van der Waals surface area contributed by atoms with Crippen LogP contribution in [-0.4, -0.2) is 83.3 Å². The normalized spacial score (nSPS) is 29.8. The summed E-state index contributed by atoms with van der Waals surface area (Å²) < 4.78 is 7.03. The molecule has 6 N–H and O–H groups in total. The summed E-state index contributed by atoms with van der Waals surface area (Å²) in [6, 6.07) is 0. The van der Waals surface area contributed by atoms with Gasteiger partial charge in [-0.05, 0) is 12.8 Å². The molecule has 0 aromatic carbocycles. The van der Waals surface area contributed by atoms with Gasteiger partial charge in [0, 0.05) is 13.1 Å². The summed E-state index contributed by atoms with van der Waals surface area (Å²) in [5, 5.41) is 32.9. The third kappa shape index (κ3) is 3.29. The minimum atomic E-state index is -1.66. The molecular weight excluding hydrogens is 370 g/mol. The Morgan fingerprint density at radius 1 is 1.21 bits per heavy atom. The lowest BCUT2D eigenvalue weighted by Gasteiger charge is -2.29. The maximum atomic E-state index is 12.4. The van der Waals surface area contributed by atoms with Crippen LogP contribution in [0.5, 0.6) is 0 Å². The number of nitrogens with one attached hydrogen (secondary N) is 1. The standard InChI is InChI=1S/C16H23N7O5/c17-13-8-14(19-6-18-13)23(7-20-8)16-10(25)9(24)12(28-16)11(26)15(27)21-22-4-2-1-3-5-22/h6-7,9-12,16,24-26H,1-5H2,(H,21,27)(H2,17,18,19)/t9?,10?,11?,12-,16+/m0/s1. The Kier molecular flexibility index (Phi) is 5.12. The molecule has 4 rings (SSSR count). The van der Waals surface area contributed by atoms with E-state index in [-0.39, 0.29) is 5.82 Å². The van der Waals surface area contributed by atoms with E-state index >= 15 is 0 Å². The van der Waals surface area contributed by atoms with E-state index in [1.807, 2.05) is 0 Å². The summed E-state index contributed by atoms with van der Waals surface area (Å²) in [7, 11) is 0. The van der Waals surface area contributed by atoms with Gasteiger partial charge in [-0.2, -0.15) is 0 Å². The minimum Gasteiger partial charge on any atom is -0.387 e. The van der Waals surface area contributed by atoms with E-state index < -0.39 is 36.6 Å². The van der Waals surface area contributed by atoms with Gasteiger partial charge in [0.25, 0.3) is 5.91 Å². The number of ether oxygens (including phenoxy) is 1. The Morgan fingerprint density at radius 2 is 1.96 bits per heavy atom. The first-order valence-electron chi connectivity index (χ1n) is 9.15. The fourth-order valence-corrected chi connectivity index (χ4v) is 3.61. The summed E-state index contributed by atoms with van der Waals surface area (Å²) in [5.41, 5.74) is 9.01. The predicted molar refractivity (Wildman–Crippen MR) is 95.2 cm³/mol. The van der Waals surface area contributed by atoms with E-state index in [1.165, 1.54) is 17.2 Å². The Hall–Kier alpha value is -2.38. The smallest absolute Gasteiger partial charge is 0.265 e. The van der Waals surface area contributed by atoms with Gasteiger partial charge in [-0.25, -0.2) is 20.0 Å². The summed E-state index contributed by atoms with van der Waals surface area (Å²) in [4.78, 5) is 24.4. The van der Waals surface area contributed by atoms with Crippen LogP contribution < -0.4 is 11.2 Å². The van der Waals surface area contributed by atoms with Crippen LogP contribution in [-0.2, 0) is 9.53 Å². The molecule has 2 aliphatic heterocycles. The first-order chi connectivity index (χ1) is 13.5. The molecule has 1 amide bonds. The number of carbonyl (C=O) groups is 1.